The molecular weight excluding hydrogens is 272 g/mol. The molecule has 22 heavy (non-hydrogen) atoms. The number of hydrogen-bond acceptors (Lipinski definition) is 3. The van der Waals surface area contributed by atoms with E-state index in [1.54, 1.807) is 0 Å². The van der Waals surface area contributed by atoms with Crippen molar-refractivity contribution in [1.29, 1.82) is 0 Å². The Morgan fingerprint density at radius 1 is 0.955 bits per heavy atom. The van der Waals surface area contributed by atoms with Crippen LogP contribution >= 0.6 is 0 Å². The fraction of sp³-hybridized carbons (Fsp3) is 0.368. The second-order valence-corrected chi connectivity index (χ2v) is 5.98. The van der Waals surface area contributed by atoms with Crippen molar-refractivity contribution in [3.05, 3.63) is 59.7 Å². The Hall–Kier alpha value is -1.84. The molecule has 1 fully saturated rings. The van der Waals surface area contributed by atoms with Gasteiger partial charge in [-0.25, -0.2) is 0 Å². The summed E-state index contributed by atoms with van der Waals surface area (Å²) in [7, 11) is 0. The Bertz CT molecular complexity index is 586. The summed E-state index contributed by atoms with van der Waals surface area (Å²) in [5.41, 5.74) is 8.50. The lowest BCUT2D eigenvalue weighted by molar-refractivity contribution is 0.251. The molecule has 0 aromatic heterocycles. The maximum absolute atomic E-state index is 5.99. The van der Waals surface area contributed by atoms with Crippen molar-refractivity contribution in [2.24, 2.45) is 5.73 Å². The monoisotopic (exact) mass is 296 g/mol. The molecule has 2 N–H and O–H groups in total. The number of aryl methyl sites for hydroxylation is 1. The topological polar surface area (TPSA) is 38.5 Å². The van der Waals surface area contributed by atoms with Crippen LogP contribution in [0, 0.1) is 6.92 Å². The van der Waals surface area contributed by atoms with Crippen molar-refractivity contribution in [2.75, 3.05) is 19.6 Å². The molecule has 1 atom stereocenters. The van der Waals surface area contributed by atoms with Crippen LogP contribution in [-0.4, -0.2) is 24.5 Å². The number of ether oxygens (including phenoxy) is 1. The predicted octanol–water partition coefficient (Wildman–Crippen LogP) is 3.88. The van der Waals surface area contributed by atoms with Gasteiger partial charge in [0.25, 0.3) is 0 Å². The largest absolute Gasteiger partial charge is 0.457 e. The van der Waals surface area contributed by atoms with Crippen LogP contribution in [0.25, 0.3) is 0 Å². The molecule has 3 nitrogen and oxygen atoms in total. The van der Waals surface area contributed by atoms with Gasteiger partial charge in [-0.1, -0.05) is 29.8 Å². The van der Waals surface area contributed by atoms with E-state index in [1.807, 2.05) is 24.3 Å². The van der Waals surface area contributed by atoms with Crippen molar-refractivity contribution in [2.45, 2.75) is 25.8 Å². The standard InChI is InChI=1S/C19H24N2O/c1-15-4-8-17(9-5-15)22-18-10-6-16(7-11-18)19(14-20)21-12-2-3-13-21/h4-11,19H,2-3,12-14,20H2,1H3. The summed E-state index contributed by atoms with van der Waals surface area (Å²) in [5, 5.41) is 0. The normalized spacial score (nSPS) is 16.6. The summed E-state index contributed by atoms with van der Waals surface area (Å²) < 4.78 is 5.88. The molecular formula is C19H24N2O. The Kier molecular flexibility index (Phi) is 4.76. The first-order valence-corrected chi connectivity index (χ1v) is 8.05. The van der Waals surface area contributed by atoms with Gasteiger partial charge in [0.15, 0.2) is 0 Å². The van der Waals surface area contributed by atoms with Crippen LogP contribution in [0.1, 0.15) is 30.0 Å². The molecule has 2 aromatic rings. The van der Waals surface area contributed by atoms with Gasteiger partial charge in [0.2, 0.25) is 0 Å². The third kappa shape index (κ3) is 3.49. The smallest absolute Gasteiger partial charge is 0.127 e. The molecule has 0 radical (unpaired) electrons. The van der Waals surface area contributed by atoms with Crippen LogP contribution < -0.4 is 10.5 Å². The fourth-order valence-corrected chi connectivity index (χ4v) is 3.05. The minimum absolute atomic E-state index is 0.330. The first-order valence-electron chi connectivity index (χ1n) is 8.05. The van der Waals surface area contributed by atoms with Gasteiger partial charge in [0, 0.05) is 12.6 Å². The lowest BCUT2D eigenvalue weighted by Crippen LogP contribution is -2.31. The average molecular weight is 296 g/mol. The van der Waals surface area contributed by atoms with Gasteiger partial charge < -0.3 is 10.5 Å². The molecule has 1 aliphatic heterocycles. The molecule has 116 valence electrons. The molecule has 1 saturated heterocycles. The van der Waals surface area contributed by atoms with E-state index in [1.165, 1.54) is 24.0 Å². The van der Waals surface area contributed by atoms with E-state index in [0.29, 0.717) is 12.6 Å². The lowest BCUT2D eigenvalue weighted by atomic mass is 10.1. The number of likely N-dealkylation sites (tertiary alicyclic amines) is 1. The van der Waals surface area contributed by atoms with Gasteiger partial charge in [-0.15, -0.1) is 0 Å². The van der Waals surface area contributed by atoms with E-state index in [-0.39, 0.29) is 0 Å². The highest BCUT2D eigenvalue weighted by Crippen LogP contribution is 2.27. The molecule has 3 rings (SSSR count). The van der Waals surface area contributed by atoms with Crippen molar-refractivity contribution in [3.63, 3.8) is 0 Å². The Balaban J connectivity index is 1.70. The lowest BCUT2D eigenvalue weighted by Gasteiger charge is -2.26. The molecule has 0 aliphatic carbocycles. The van der Waals surface area contributed by atoms with Gasteiger partial charge in [-0.05, 0) is 62.7 Å². The Labute approximate surface area is 132 Å². The molecule has 0 bridgehead atoms. The molecule has 0 spiro atoms. The number of rotatable bonds is 5. The Morgan fingerprint density at radius 2 is 1.50 bits per heavy atom. The molecule has 1 unspecified atom stereocenters. The van der Waals surface area contributed by atoms with E-state index in [0.717, 1.165) is 24.6 Å². The van der Waals surface area contributed by atoms with E-state index in [9.17, 15) is 0 Å². The SMILES string of the molecule is Cc1ccc(Oc2ccc(C(CN)N3CCCC3)cc2)cc1. The predicted molar refractivity (Wildman–Crippen MR) is 90.3 cm³/mol. The summed E-state index contributed by atoms with van der Waals surface area (Å²) in [6.07, 6.45) is 2.57. The van der Waals surface area contributed by atoms with Crippen LogP contribution in [0.15, 0.2) is 48.5 Å². The summed E-state index contributed by atoms with van der Waals surface area (Å²) in [5.74, 6) is 1.73. The highest BCUT2D eigenvalue weighted by atomic mass is 16.5. The molecule has 3 heteroatoms. The molecule has 0 saturated carbocycles. The fourth-order valence-electron chi connectivity index (χ4n) is 3.05. The summed E-state index contributed by atoms with van der Waals surface area (Å²) in [6, 6.07) is 16.8. The van der Waals surface area contributed by atoms with Crippen LogP contribution in [0.2, 0.25) is 0 Å². The molecule has 2 aromatic carbocycles. The van der Waals surface area contributed by atoms with Crippen LogP contribution in [0.4, 0.5) is 0 Å². The average Bonchev–Trinajstić information content (AvgIpc) is 3.06. The van der Waals surface area contributed by atoms with Gasteiger partial charge >= 0.3 is 0 Å². The summed E-state index contributed by atoms with van der Waals surface area (Å²) in [4.78, 5) is 2.48. The number of nitrogens with two attached hydrogens (primary N) is 1. The van der Waals surface area contributed by atoms with Crippen LogP contribution in [-0.2, 0) is 0 Å². The Morgan fingerprint density at radius 3 is 2.05 bits per heavy atom. The van der Waals surface area contributed by atoms with E-state index >= 15 is 0 Å². The van der Waals surface area contributed by atoms with Gasteiger partial charge in [-0.2, -0.15) is 0 Å². The van der Waals surface area contributed by atoms with Crippen molar-refractivity contribution in [3.8, 4) is 11.5 Å². The second-order valence-electron chi connectivity index (χ2n) is 5.98. The van der Waals surface area contributed by atoms with E-state index in [2.05, 4.69) is 36.1 Å². The number of hydrogen-bond donors (Lipinski definition) is 1. The van der Waals surface area contributed by atoms with Crippen molar-refractivity contribution >= 4 is 0 Å². The van der Waals surface area contributed by atoms with Gasteiger partial charge in [0.05, 0.1) is 0 Å². The van der Waals surface area contributed by atoms with E-state index in [4.69, 9.17) is 10.5 Å². The first-order chi connectivity index (χ1) is 10.8. The minimum atomic E-state index is 0.330. The highest BCUT2D eigenvalue weighted by Gasteiger charge is 2.21. The third-order valence-corrected chi connectivity index (χ3v) is 4.33. The number of nitrogens with zero attached hydrogens (tertiary/aromatic N) is 1. The van der Waals surface area contributed by atoms with Gasteiger partial charge in [-0.3, -0.25) is 4.90 Å². The maximum atomic E-state index is 5.99. The first kappa shape index (κ1) is 15.1. The zero-order valence-electron chi connectivity index (χ0n) is 13.2. The summed E-state index contributed by atoms with van der Waals surface area (Å²) in [6.45, 7) is 5.05. The van der Waals surface area contributed by atoms with Crippen LogP contribution in [0.5, 0.6) is 11.5 Å². The molecule has 1 aliphatic rings. The zero-order chi connectivity index (χ0) is 15.4. The number of benzene rings is 2. The summed E-state index contributed by atoms with van der Waals surface area (Å²) >= 11 is 0. The molecule has 0 amide bonds. The van der Waals surface area contributed by atoms with Crippen LogP contribution in [0.3, 0.4) is 0 Å². The van der Waals surface area contributed by atoms with Gasteiger partial charge in [0.1, 0.15) is 11.5 Å². The van der Waals surface area contributed by atoms with Crippen molar-refractivity contribution < 1.29 is 4.74 Å². The quantitative estimate of drug-likeness (QED) is 0.910. The third-order valence-electron chi connectivity index (χ3n) is 4.33. The minimum Gasteiger partial charge on any atom is -0.457 e. The highest BCUT2D eigenvalue weighted by molar-refractivity contribution is 5.35. The van der Waals surface area contributed by atoms with E-state index < -0.39 is 0 Å². The van der Waals surface area contributed by atoms with Crippen molar-refractivity contribution in [1.82, 2.24) is 4.90 Å². The maximum Gasteiger partial charge on any atom is 0.127 e. The second kappa shape index (κ2) is 6.95. The zero-order valence-corrected chi connectivity index (χ0v) is 13.2. The molecule has 1 heterocycles.